The first kappa shape index (κ1) is 17.1. The van der Waals surface area contributed by atoms with Gasteiger partial charge in [-0.1, -0.05) is 13.0 Å². The fourth-order valence-corrected chi connectivity index (χ4v) is 4.00. The van der Waals surface area contributed by atoms with E-state index in [-0.39, 0.29) is 0 Å². The molecule has 4 heteroatoms. The molecule has 0 saturated heterocycles. The van der Waals surface area contributed by atoms with Gasteiger partial charge in [0.2, 0.25) is 0 Å². The van der Waals surface area contributed by atoms with Gasteiger partial charge in [-0.3, -0.25) is 0 Å². The van der Waals surface area contributed by atoms with Gasteiger partial charge < -0.3 is 14.8 Å². The molecular formula is C22H28N4. The van der Waals surface area contributed by atoms with E-state index in [1.807, 2.05) is 0 Å². The Kier molecular flexibility index (Phi) is 4.45. The number of pyridine rings is 1. The smallest absolute Gasteiger partial charge is 0.142 e. The van der Waals surface area contributed by atoms with Crippen LogP contribution in [0.4, 0.5) is 11.5 Å². The van der Waals surface area contributed by atoms with Gasteiger partial charge in [0.15, 0.2) is 0 Å². The predicted molar refractivity (Wildman–Crippen MR) is 109 cm³/mol. The molecule has 2 heterocycles. The Morgan fingerprint density at radius 2 is 2.04 bits per heavy atom. The molecule has 4 nitrogen and oxygen atoms in total. The van der Waals surface area contributed by atoms with Gasteiger partial charge in [0.25, 0.3) is 0 Å². The van der Waals surface area contributed by atoms with Crippen LogP contribution in [0.2, 0.25) is 0 Å². The summed E-state index contributed by atoms with van der Waals surface area (Å²) in [6, 6.07) is 10.9. The second-order valence-corrected chi connectivity index (χ2v) is 7.50. The molecule has 0 fully saturated rings. The van der Waals surface area contributed by atoms with Crippen LogP contribution in [0.15, 0.2) is 30.3 Å². The monoisotopic (exact) mass is 348 g/mol. The largest absolute Gasteiger partial charge is 0.340 e. The molecule has 0 bridgehead atoms. The van der Waals surface area contributed by atoms with E-state index < -0.39 is 0 Å². The van der Waals surface area contributed by atoms with Crippen LogP contribution in [-0.2, 0) is 26.4 Å². The van der Waals surface area contributed by atoms with Crippen molar-refractivity contribution in [3.8, 4) is 0 Å². The summed E-state index contributed by atoms with van der Waals surface area (Å²) in [5.41, 5.74) is 7.85. The highest BCUT2D eigenvalue weighted by atomic mass is 15.1. The third-order valence-electron chi connectivity index (χ3n) is 5.71. The number of nitrogens with zero attached hydrogens (tertiary/aromatic N) is 3. The minimum absolute atomic E-state index is 0.912. The first-order valence-corrected chi connectivity index (χ1v) is 9.59. The molecule has 26 heavy (non-hydrogen) atoms. The van der Waals surface area contributed by atoms with Crippen molar-refractivity contribution in [1.29, 1.82) is 0 Å². The summed E-state index contributed by atoms with van der Waals surface area (Å²) in [7, 11) is 4.30. The number of fused-ring (bicyclic) bond motifs is 3. The molecule has 4 rings (SSSR count). The zero-order chi connectivity index (χ0) is 18.3. The van der Waals surface area contributed by atoms with Crippen molar-refractivity contribution in [2.24, 2.45) is 7.05 Å². The highest BCUT2D eigenvalue weighted by Gasteiger charge is 2.20. The van der Waals surface area contributed by atoms with Gasteiger partial charge in [0, 0.05) is 30.4 Å². The summed E-state index contributed by atoms with van der Waals surface area (Å²) in [5, 5.41) is 4.82. The zero-order valence-corrected chi connectivity index (χ0v) is 16.3. The topological polar surface area (TPSA) is 33.1 Å². The maximum atomic E-state index is 4.90. The molecule has 2 aromatic heterocycles. The number of nitrogens with one attached hydrogen (secondary N) is 1. The molecule has 0 spiro atoms. The third-order valence-corrected chi connectivity index (χ3v) is 5.71. The summed E-state index contributed by atoms with van der Waals surface area (Å²) in [6.45, 7) is 6.38. The van der Waals surface area contributed by atoms with E-state index in [0.717, 1.165) is 30.2 Å². The highest BCUT2D eigenvalue weighted by molar-refractivity contribution is 5.84. The molecule has 3 aromatic rings. The van der Waals surface area contributed by atoms with Gasteiger partial charge in [-0.25, -0.2) is 4.98 Å². The normalized spacial score (nSPS) is 13.6. The Morgan fingerprint density at radius 3 is 2.85 bits per heavy atom. The van der Waals surface area contributed by atoms with Crippen LogP contribution in [0.1, 0.15) is 35.7 Å². The van der Waals surface area contributed by atoms with Crippen molar-refractivity contribution in [1.82, 2.24) is 14.5 Å². The maximum absolute atomic E-state index is 4.90. The van der Waals surface area contributed by atoms with Gasteiger partial charge in [0.1, 0.15) is 11.5 Å². The zero-order valence-electron chi connectivity index (χ0n) is 16.3. The van der Waals surface area contributed by atoms with Crippen LogP contribution < -0.4 is 5.32 Å². The first-order chi connectivity index (χ1) is 12.6. The molecular weight excluding hydrogens is 320 g/mol. The number of aryl methyl sites for hydroxylation is 3. The lowest BCUT2D eigenvalue weighted by Crippen LogP contribution is -2.17. The standard InChI is InChI=1S/C22H28N4/c1-5-25(3)14-16-13-17(10-9-15(16)2)23-21-12-11-19-18-7-6-8-20(18)26(4)22(19)24-21/h9-13H,5-8,14H2,1-4H3,(H,23,24). The molecule has 0 saturated carbocycles. The van der Waals surface area contributed by atoms with Crippen molar-refractivity contribution >= 4 is 22.5 Å². The van der Waals surface area contributed by atoms with E-state index in [4.69, 9.17) is 4.98 Å². The Morgan fingerprint density at radius 1 is 1.19 bits per heavy atom. The van der Waals surface area contributed by atoms with E-state index in [1.54, 1.807) is 0 Å². The van der Waals surface area contributed by atoms with Crippen LogP contribution in [0.25, 0.3) is 11.0 Å². The summed E-state index contributed by atoms with van der Waals surface area (Å²) < 4.78 is 2.28. The average Bonchev–Trinajstić information content (AvgIpc) is 3.21. The summed E-state index contributed by atoms with van der Waals surface area (Å²) >= 11 is 0. The fraction of sp³-hybridized carbons (Fsp3) is 0.409. The molecule has 0 amide bonds. The van der Waals surface area contributed by atoms with Crippen molar-refractivity contribution in [3.05, 3.63) is 52.7 Å². The Labute approximate surface area is 155 Å². The molecule has 0 radical (unpaired) electrons. The van der Waals surface area contributed by atoms with Gasteiger partial charge in [-0.05, 0) is 80.7 Å². The summed E-state index contributed by atoms with van der Waals surface area (Å²) in [4.78, 5) is 7.23. The molecule has 136 valence electrons. The van der Waals surface area contributed by atoms with Crippen LogP contribution in [0.3, 0.4) is 0 Å². The van der Waals surface area contributed by atoms with E-state index in [1.165, 1.54) is 47.0 Å². The first-order valence-electron chi connectivity index (χ1n) is 9.59. The van der Waals surface area contributed by atoms with Gasteiger partial charge in [-0.15, -0.1) is 0 Å². The van der Waals surface area contributed by atoms with Crippen LogP contribution in [0, 0.1) is 6.92 Å². The lowest BCUT2D eigenvalue weighted by Gasteiger charge is -2.17. The minimum atomic E-state index is 0.912. The highest BCUT2D eigenvalue weighted by Crippen LogP contribution is 2.32. The number of benzene rings is 1. The van der Waals surface area contributed by atoms with E-state index in [0.29, 0.717) is 0 Å². The van der Waals surface area contributed by atoms with Crippen molar-refractivity contribution in [3.63, 3.8) is 0 Å². The van der Waals surface area contributed by atoms with Crippen LogP contribution >= 0.6 is 0 Å². The van der Waals surface area contributed by atoms with Crippen molar-refractivity contribution in [2.45, 2.75) is 39.7 Å². The summed E-state index contributed by atoms with van der Waals surface area (Å²) in [5.74, 6) is 0.912. The molecule has 1 aliphatic carbocycles. The quantitative estimate of drug-likeness (QED) is 0.733. The van der Waals surface area contributed by atoms with Crippen LogP contribution in [0.5, 0.6) is 0 Å². The predicted octanol–water partition coefficient (Wildman–Crippen LogP) is 4.57. The number of anilines is 2. The number of hydrogen-bond donors (Lipinski definition) is 1. The lowest BCUT2D eigenvalue weighted by atomic mass is 10.1. The SMILES string of the molecule is CCN(C)Cc1cc(Nc2ccc3c4c(n(C)c3n2)CCC4)ccc1C. The van der Waals surface area contributed by atoms with Gasteiger partial charge in [0.05, 0.1) is 0 Å². The minimum Gasteiger partial charge on any atom is -0.340 e. The Bertz CT molecular complexity index is 954. The molecule has 1 N–H and O–H groups in total. The summed E-state index contributed by atoms with van der Waals surface area (Å²) in [6.07, 6.45) is 3.64. The third kappa shape index (κ3) is 2.99. The number of hydrogen-bond acceptors (Lipinski definition) is 3. The second-order valence-electron chi connectivity index (χ2n) is 7.50. The number of aromatic nitrogens is 2. The number of rotatable bonds is 5. The Balaban J connectivity index is 1.63. The molecule has 1 aromatic carbocycles. The molecule has 0 atom stereocenters. The van der Waals surface area contributed by atoms with E-state index in [9.17, 15) is 0 Å². The molecule has 1 aliphatic rings. The Hall–Kier alpha value is -2.33. The van der Waals surface area contributed by atoms with Crippen LogP contribution in [-0.4, -0.2) is 28.0 Å². The second kappa shape index (κ2) is 6.76. The van der Waals surface area contributed by atoms with E-state index in [2.05, 4.69) is 73.1 Å². The van der Waals surface area contributed by atoms with Crippen molar-refractivity contribution < 1.29 is 0 Å². The molecule has 0 aliphatic heterocycles. The van der Waals surface area contributed by atoms with Gasteiger partial charge in [-0.2, -0.15) is 0 Å². The molecule has 0 unspecified atom stereocenters. The maximum Gasteiger partial charge on any atom is 0.142 e. The van der Waals surface area contributed by atoms with Gasteiger partial charge >= 0.3 is 0 Å². The fourth-order valence-electron chi connectivity index (χ4n) is 4.00. The average molecular weight is 348 g/mol. The van der Waals surface area contributed by atoms with E-state index >= 15 is 0 Å². The van der Waals surface area contributed by atoms with Crippen molar-refractivity contribution in [2.75, 3.05) is 18.9 Å². The lowest BCUT2D eigenvalue weighted by molar-refractivity contribution is 0.345.